The number of nitrogens with one attached hydrogen (secondary N) is 3. The Labute approximate surface area is 1050 Å². The summed E-state index contributed by atoms with van der Waals surface area (Å²) in [6, 6.07) is 28.0. The minimum atomic E-state index is -5.29. The number of benzene rings is 3. The summed E-state index contributed by atoms with van der Waals surface area (Å²) in [5.41, 5.74) is 2.54. The van der Waals surface area contributed by atoms with Gasteiger partial charge in [-0.2, -0.15) is 13.2 Å². The number of hydrogen-bond acceptors (Lipinski definition) is 45. The molecule has 6 aliphatic rings. The molecule has 0 aliphatic carbocycles. The molecule has 24 atom stereocenters. The molecule has 9 rings (SSSR count). The quantitative estimate of drug-likeness (QED) is 0.00700. The molecule has 0 spiro atoms. The topological polar surface area (TPSA) is 823 Å². The first-order chi connectivity index (χ1) is 56.5. The van der Waals surface area contributed by atoms with Crippen molar-refractivity contribution in [3.63, 3.8) is 0 Å². The first kappa shape index (κ1) is 162. The maximum absolute atomic E-state index is 12.0. The average molecular weight is 2220 g/mol. The van der Waals surface area contributed by atoms with Crippen LogP contribution in [0.3, 0.4) is 0 Å². The van der Waals surface area contributed by atoms with Crippen molar-refractivity contribution in [1.29, 1.82) is 14.3 Å². The van der Waals surface area contributed by atoms with Gasteiger partial charge in [-0.15, -0.1) is 36.0 Å². The molecule has 712 valence electrons. The SMILES string of the molecule is C#CCCCOC1[CH-][C@@H](C)[C@@H](O[C@H]2[CH-][C@H](OCc3ccccc3)[C@@H](O[C@H]3[CH-][C@@H](C)[C@@H](O[C@H]4[CH-][C@H](OCc5ccccc5)[C@@H](O[C@H]5[CH-][C@@H](C)[C@@H](O[C@H]6[CH-][C@H](OCc7ccccc7)[C@@H](C)[CH-]O6)C(COS(=O)(=O)[O-])O5)[CH-]O4)C(COS(=O)(=O)[O-])O3)[CH-]O2)C(COS(=O)(=O)[O-])O1.N=S(=O)([O-])O.N=S(=O)([O-])O.N=S(=O)([O-])O.O=S(=O)([O-])O.O=S(=O)([O-])O.O=S(=O)([O-])O.[Na+].[Na+].[Na+].[Na+].[Na+].[Na+].[Na+].[Na+].[Na+].[Na+].[Na+].[Na+]. The second kappa shape index (κ2) is 81.1. The molecule has 0 aromatic heterocycles. The second-order valence-electron chi connectivity index (χ2n) is 25.4. The third-order valence-electron chi connectivity index (χ3n) is 15.5. The van der Waals surface area contributed by atoms with Crippen molar-refractivity contribution in [2.45, 2.75) is 165 Å². The van der Waals surface area contributed by atoms with Crippen LogP contribution in [0.15, 0.2) is 91.0 Å². The van der Waals surface area contributed by atoms with E-state index in [1.165, 1.54) is 13.2 Å². The average Bonchev–Trinajstić information content (AvgIpc) is 0.797. The van der Waals surface area contributed by atoms with Gasteiger partial charge in [-0.25, -0.2) is 96.9 Å². The fourth-order valence-corrected chi connectivity index (χ4v) is 11.8. The molecule has 135 heavy (non-hydrogen) atoms. The van der Waals surface area contributed by atoms with Crippen LogP contribution in [0.2, 0.25) is 0 Å². The number of hydrogen-bond donors (Lipinski definition) is 9. The Balaban J connectivity index is -0.000000405. The first-order valence-electron chi connectivity index (χ1n) is 34.3. The van der Waals surface area contributed by atoms with Crippen LogP contribution >= 0.6 is 0 Å². The molecule has 0 bridgehead atoms. The van der Waals surface area contributed by atoms with E-state index < -0.39 is 236 Å². The van der Waals surface area contributed by atoms with E-state index in [0.717, 1.165) is 16.7 Å². The molecular formula is C63H85N3Na12O48S9-6. The van der Waals surface area contributed by atoms with Gasteiger partial charge in [0.2, 0.25) is 62.4 Å². The standard InChI is InChI=1S/C63H79O27S3.3H3NO3S.12Na.3H2O4S/c1-6-7-17-24-73-55-25-40(2)61(52(85-55)37-80-91(64,65)66)89-57-29-48(75-33-45-20-13-9-14-21-45)50(35-78-57)84-60-27-42(4)63(54(87-60)39-82-93(70,71)72)90-58-30-49(76-34-46-22-15-10-16-23-46)51(36-79-58)83-59-26-41(3)62(53(86-59)38-81-92(67,68)69)88-56-28-47(43(5)31-77-56)74-32-44-18-11-8-12-19-44;3*1-5(2,3)4;;;;;;;;;;;;;3*1-5(2,3)4/h1,8-16,18-23,25-31,35-36,40-43,47-63H,7,17,24,32-34,37-39H2,2-5H3,(H,64,65,66)(H,67,68,69)(H,70,71,72);3*(H3,1,2,3,4);;;;;;;;;;;;;3*(H2,1,2,3,4)/q-9;;;;12*+1;;;/p-9/t40-,41-,42-,43+,47+,48+,49+,50+,51+,52?,53?,54?,55?,56+,57+,58+,59-,60-,61-,62-,63-;;;;;;;;;;;;;;;;;;/m1................../s1. The molecule has 0 radical (unpaired) electrons. The van der Waals surface area contributed by atoms with Crippen LogP contribution in [-0.4, -0.2) is 263 Å². The molecule has 6 fully saturated rings. The van der Waals surface area contributed by atoms with Gasteiger partial charge in [0.15, 0.2) is 0 Å². The molecule has 9 N–H and O–H groups in total. The van der Waals surface area contributed by atoms with Gasteiger partial charge in [-0.05, 0) is 35.3 Å². The summed E-state index contributed by atoms with van der Waals surface area (Å²) in [4.78, 5) is 0. The molecule has 6 heterocycles. The Morgan fingerprint density at radius 3 is 0.837 bits per heavy atom. The zero-order valence-corrected chi connectivity index (χ0v) is 107. The van der Waals surface area contributed by atoms with Crippen molar-refractivity contribution < 1.29 is 570 Å². The van der Waals surface area contributed by atoms with Crippen molar-refractivity contribution in [1.82, 2.24) is 0 Å². The maximum Gasteiger partial charge on any atom is 1.00 e. The summed E-state index contributed by atoms with van der Waals surface area (Å²) in [6.07, 6.45) is -1.82. The van der Waals surface area contributed by atoms with E-state index in [2.05, 4.69) is 10.1 Å². The summed E-state index contributed by atoms with van der Waals surface area (Å²) in [6.45, 7) is 9.78. The zero-order valence-electron chi connectivity index (χ0n) is 75.9. The summed E-state index contributed by atoms with van der Waals surface area (Å²) in [5, 5.41) is 0. The predicted molar refractivity (Wildman–Crippen MR) is 396 cm³/mol. The number of unbranched alkanes of at least 4 members (excludes halogenated alkanes) is 1. The third kappa shape index (κ3) is 87.4. The molecule has 3 aromatic carbocycles. The van der Waals surface area contributed by atoms with Crippen LogP contribution in [0, 0.1) is 109 Å². The summed E-state index contributed by atoms with van der Waals surface area (Å²) < 4.78 is 404. The van der Waals surface area contributed by atoms with Crippen molar-refractivity contribution in [2.75, 3.05) is 26.4 Å². The maximum atomic E-state index is 12.0. The van der Waals surface area contributed by atoms with Gasteiger partial charge in [0, 0.05) is 50.8 Å². The van der Waals surface area contributed by atoms with E-state index in [1.807, 2.05) is 97.9 Å². The number of ether oxygens (including phenoxy) is 15. The van der Waals surface area contributed by atoms with Crippen LogP contribution in [0.25, 0.3) is 0 Å². The van der Waals surface area contributed by atoms with Gasteiger partial charge < -0.3 is 126 Å². The van der Waals surface area contributed by atoms with Crippen LogP contribution in [0.5, 0.6) is 0 Å². The fraction of sp³-hybridized carbons (Fsp3) is 0.540. The van der Waals surface area contributed by atoms with Crippen LogP contribution < -0.4 is 355 Å². The third-order valence-corrected chi connectivity index (χ3v) is 16.8. The summed E-state index contributed by atoms with van der Waals surface area (Å²) in [7, 11) is -43.6. The normalized spacial score (nSPS) is 27.6. The Hall–Kier alpha value is 7.45. The Morgan fingerprint density at radius 2 is 0.578 bits per heavy atom. The van der Waals surface area contributed by atoms with E-state index in [9.17, 15) is 38.9 Å². The van der Waals surface area contributed by atoms with Crippen molar-refractivity contribution in [2.24, 2.45) is 23.7 Å². The molecule has 7 unspecified atom stereocenters. The van der Waals surface area contributed by atoms with Gasteiger partial charge in [-0.1, -0.05) is 137 Å². The molecule has 0 saturated carbocycles. The molecule has 6 saturated heterocycles. The minimum absolute atomic E-state index is 0. The second-order valence-corrected chi connectivity index (χ2v) is 34.0. The Bertz CT molecular complexity index is 4490. The molecule has 6 aliphatic heterocycles. The Morgan fingerprint density at radius 1 is 0.341 bits per heavy atom. The number of terminal acetylenes is 1. The van der Waals surface area contributed by atoms with Crippen LogP contribution in [0.4, 0.5) is 0 Å². The van der Waals surface area contributed by atoms with E-state index in [0.29, 0.717) is 19.4 Å². The van der Waals surface area contributed by atoms with E-state index in [1.54, 1.807) is 65.9 Å². The molecule has 3 aromatic rings. The smallest absolute Gasteiger partial charge is 0.743 e. The van der Waals surface area contributed by atoms with Crippen molar-refractivity contribution >= 4 is 93.3 Å². The summed E-state index contributed by atoms with van der Waals surface area (Å²) >= 11 is 0. The minimum Gasteiger partial charge on any atom is -0.743 e. The molecular weight excluding hydrogens is 2130 g/mol. The van der Waals surface area contributed by atoms with Gasteiger partial charge in [0.05, 0.1) is 88.8 Å². The molecule has 51 nitrogen and oxygen atoms in total. The Kier molecular flexibility index (Phi) is 97.6. The predicted octanol–water partition coefficient (Wildman–Crippen LogP) is -35.0. The molecule has 0 amide bonds. The first-order valence-corrected chi connectivity index (χ1v) is 46.7. The zero-order chi connectivity index (χ0) is 93.1. The molecule has 72 heteroatoms. The van der Waals surface area contributed by atoms with Crippen molar-refractivity contribution in [3.8, 4) is 12.3 Å². The largest absolute Gasteiger partial charge is 1.00 e. The van der Waals surface area contributed by atoms with Crippen LogP contribution in [0.1, 0.15) is 57.2 Å². The summed E-state index contributed by atoms with van der Waals surface area (Å²) in [5.74, 6) is 0.659. The van der Waals surface area contributed by atoms with Gasteiger partial charge >= 0.3 is 355 Å². The van der Waals surface area contributed by atoms with Gasteiger partial charge in [-0.3, -0.25) is 51.9 Å². The van der Waals surface area contributed by atoms with E-state index >= 15 is 0 Å². The van der Waals surface area contributed by atoms with Gasteiger partial charge in [0.25, 0.3) is 0 Å². The van der Waals surface area contributed by atoms with Crippen LogP contribution in [-0.2, 0) is 197 Å². The van der Waals surface area contributed by atoms with Crippen molar-refractivity contribution in [3.05, 3.63) is 166 Å². The van der Waals surface area contributed by atoms with E-state index in [-0.39, 0.29) is 380 Å². The van der Waals surface area contributed by atoms with Gasteiger partial charge in [0.1, 0.15) is 18.3 Å². The fourth-order valence-electron chi connectivity index (χ4n) is 10.9. The van der Waals surface area contributed by atoms with E-state index in [4.69, 9.17) is 193 Å². The monoisotopic (exact) mass is 2220 g/mol. The number of rotatable bonds is 32.